The number of carbonyl (C=O) groups excluding carboxylic acids is 1. The lowest BCUT2D eigenvalue weighted by molar-refractivity contribution is -0.142. The minimum absolute atomic E-state index is 0.0699. The van der Waals surface area contributed by atoms with E-state index in [1.807, 2.05) is 0 Å². The highest BCUT2D eigenvalue weighted by Crippen LogP contribution is 2.52. The predicted molar refractivity (Wildman–Crippen MR) is 121 cm³/mol. The highest BCUT2D eigenvalue weighted by atomic mass is 19.4. The molecule has 4 aromatic heterocycles. The Labute approximate surface area is 207 Å². The summed E-state index contributed by atoms with van der Waals surface area (Å²) in [6.45, 7) is 1.05. The van der Waals surface area contributed by atoms with Crippen LogP contribution in [0.15, 0.2) is 42.9 Å². The standard InChI is InChI=1S/C24H19F4N7O2/c1-34-21(16-5-4-12(25)7-30-16)33-20-22(34)31-8-17(32-20)23(36)35-9-13-14(10-35)15(13)11-37-18-3-2-6-29-19(18)24(26,27)28/h2-8,13-15H,9-11H2,1H3/t13-,14?,15?/m1/s1. The number of ether oxygens (including phenoxy) is 1. The maximum absolute atomic E-state index is 13.2. The summed E-state index contributed by atoms with van der Waals surface area (Å²) < 4.78 is 59.7. The van der Waals surface area contributed by atoms with E-state index < -0.39 is 17.7 Å². The van der Waals surface area contributed by atoms with Crippen molar-refractivity contribution in [3.05, 3.63) is 60.1 Å². The summed E-state index contributed by atoms with van der Waals surface area (Å²) in [6, 6.07) is 5.43. The molecule has 1 saturated carbocycles. The Morgan fingerprint density at radius 2 is 1.86 bits per heavy atom. The first kappa shape index (κ1) is 23.3. The van der Waals surface area contributed by atoms with Gasteiger partial charge in [-0.15, -0.1) is 0 Å². The largest absolute Gasteiger partial charge is 0.491 e. The van der Waals surface area contributed by atoms with Crippen LogP contribution in [0, 0.1) is 23.6 Å². The second-order valence-corrected chi connectivity index (χ2v) is 9.12. The van der Waals surface area contributed by atoms with Crippen LogP contribution in [0.4, 0.5) is 17.6 Å². The van der Waals surface area contributed by atoms with Crippen molar-refractivity contribution in [2.75, 3.05) is 19.7 Å². The Hall–Kier alpha value is -4.16. The number of hydrogen-bond acceptors (Lipinski definition) is 7. The summed E-state index contributed by atoms with van der Waals surface area (Å²) in [4.78, 5) is 35.3. The van der Waals surface area contributed by atoms with Crippen LogP contribution >= 0.6 is 0 Å². The first-order valence-electron chi connectivity index (χ1n) is 11.5. The number of imidazole rings is 1. The molecule has 1 amide bonds. The molecular weight excluding hydrogens is 494 g/mol. The Morgan fingerprint density at radius 1 is 1.08 bits per heavy atom. The molecule has 6 rings (SSSR count). The molecule has 3 atom stereocenters. The van der Waals surface area contributed by atoms with Gasteiger partial charge in [-0.25, -0.2) is 29.3 Å². The number of amides is 1. The molecule has 37 heavy (non-hydrogen) atoms. The van der Waals surface area contributed by atoms with Crippen LogP contribution < -0.4 is 4.74 Å². The van der Waals surface area contributed by atoms with Gasteiger partial charge >= 0.3 is 6.18 Å². The van der Waals surface area contributed by atoms with Crippen LogP contribution in [0.3, 0.4) is 0 Å². The van der Waals surface area contributed by atoms with E-state index in [1.54, 1.807) is 16.5 Å². The predicted octanol–water partition coefficient (Wildman–Crippen LogP) is 3.38. The topological polar surface area (TPSA) is 98.9 Å². The number of likely N-dealkylation sites (tertiary alicyclic amines) is 1. The molecule has 5 heterocycles. The number of halogens is 4. The molecule has 0 radical (unpaired) electrons. The lowest BCUT2D eigenvalue weighted by Crippen LogP contribution is -2.33. The van der Waals surface area contributed by atoms with Crippen LogP contribution in [0.25, 0.3) is 22.8 Å². The number of pyridine rings is 2. The molecule has 1 aliphatic heterocycles. The number of aromatic nitrogens is 6. The van der Waals surface area contributed by atoms with Crippen molar-refractivity contribution < 1.29 is 27.1 Å². The summed E-state index contributed by atoms with van der Waals surface area (Å²) in [5, 5.41) is 0. The fourth-order valence-corrected chi connectivity index (χ4v) is 4.93. The molecule has 190 valence electrons. The maximum atomic E-state index is 13.2. The highest BCUT2D eigenvalue weighted by molar-refractivity contribution is 5.93. The van der Waals surface area contributed by atoms with Gasteiger partial charge in [-0.1, -0.05) is 0 Å². The average molecular weight is 513 g/mol. The average Bonchev–Trinajstić information content (AvgIpc) is 3.18. The van der Waals surface area contributed by atoms with Crippen molar-refractivity contribution >= 4 is 17.2 Å². The molecule has 9 nitrogen and oxygen atoms in total. The van der Waals surface area contributed by atoms with Crippen molar-refractivity contribution in [2.45, 2.75) is 6.18 Å². The van der Waals surface area contributed by atoms with Crippen molar-refractivity contribution in [1.82, 2.24) is 34.4 Å². The van der Waals surface area contributed by atoms with E-state index in [0.29, 0.717) is 30.3 Å². The van der Waals surface area contributed by atoms with Crippen molar-refractivity contribution in [1.29, 1.82) is 0 Å². The number of nitrogens with zero attached hydrogens (tertiary/aromatic N) is 7. The summed E-state index contributed by atoms with van der Waals surface area (Å²) >= 11 is 0. The third kappa shape index (κ3) is 4.13. The molecule has 4 aromatic rings. The fourth-order valence-electron chi connectivity index (χ4n) is 4.93. The Balaban J connectivity index is 1.11. The molecule has 2 unspecified atom stereocenters. The van der Waals surface area contributed by atoms with Gasteiger partial charge in [0.2, 0.25) is 0 Å². The van der Waals surface area contributed by atoms with Crippen LogP contribution in [0.1, 0.15) is 16.2 Å². The second kappa shape index (κ2) is 8.46. The number of rotatable bonds is 5. The Kier molecular flexibility index (Phi) is 5.31. The minimum Gasteiger partial charge on any atom is -0.491 e. The van der Waals surface area contributed by atoms with Gasteiger partial charge in [0.05, 0.1) is 19.0 Å². The highest BCUT2D eigenvalue weighted by Gasteiger charge is 2.57. The van der Waals surface area contributed by atoms with Crippen LogP contribution in [0.2, 0.25) is 0 Å². The summed E-state index contributed by atoms with van der Waals surface area (Å²) in [6.07, 6.45) is -1.03. The molecule has 0 bridgehead atoms. The van der Waals surface area contributed by atoms with E-state index in [1.165, 1.54) is 30.5 Å². The van der Waals surface area contributed by atoms with Gasteiger partial charge in [-0.05, 0) is 36.1 Å². The van der Waals surface area contributed by atoms with E-state index in [0.717, 1.165) is 12.4 Å². The van der Waals surface area contributed by atoms with Crippen molar-refractivity contribution in [3.8, 4) is 17.3 Å². The lowest BCUT2D eigenvalue weighted by atomic mass is 10.2. The van der Waals surface area contributed by atoms with Gasteiger partial charge in [-0.3, -0.25) is 4.79 Å². The molecule has 1 saturated heterocycles. The third-order valence-electron chi connectivity index (χ3n) is 6.89. The molecule has 2 aliphatic rings. The zero-order chi connectivity index (χ0) is 25.9. The smallest absolute Gasteiger partial charge is 0.437 e. The van der Waals surface area contributed by atoms with Crippen LogP contribution in [-0.4, -0.2) is 60.0 Å². The molecule has 1 aliphatic carbocycles. The van der Waals surface area contributed by atoms with Crippen LogP contribution in [-0.2, 0) is 13.2 Å². The summed E-state index contributed by atoms with van der Waals surface area (Å²) in [5.74, 6) is -0.239. The van der Waals surface area contributed by atoms with E-state index in [2.05, 4.69) is 24.9 Å². The monoisotopic (exact) mass is 513 g/mol. The van der Waals surface area contributed by atoms with Gasteiger partial charge in [-0.2, -0.15) is 13.2 Å². The minimum atomic E-state index is -4.59. The summed E-state index contributed by atoms with van der Waals surface area (Å²) in [7, 11) is 1.73. The second-order valence-electron chi connectivity index (χ2n) is 9.12. The number of aryl methyl sites for hydroxylation is 1. The first-order valence-corrected chi connectivity index (χ1v) is 11.5. The van der Waals surface area contributed by atoms with Gasteiger partial charge in [0.15, 0.2) is 22.8 Å². The number of fused-ring (bicyclic) bond motifs is 2. The molecule has 2 fully saturated rings. The van der Waals surface area contributed by atoms with E-state index >= 15 is 0 Å². The molecule has 0 N–H and O–H groups in total. The normalized spacial score (nSPS) is 20.8. The van der Waals surface area contributed by atoms with Gasteiger partial charge in [0, 0.05) is 32.3 Å². The van der Waals surface area contributed by atoms with E-state index in [-0.39, 0.29) is 47.4 Å². The summed E-state index contributed by atoms with van der Waals surface area (Å²) in [5.41, 5.74) is 0.260. The number of hydrogen-bond donors (Lipinski definition) is 0. The van der Waals surface area contributed by atoms with Gasteiger partial charge in [0.25, 0.3) is 5.91 Å². The maximum Gasteiger partial charge on any atom is 0.437 e. The van der Waals surface area contributed by atoms with Gasteiger partial charge in [0.1, 0.15) is 23.0 Å². The Bertz CT molecular complexity index is 1490. The van der Waals surface area contributed by atoms with E-state index in [9.17, 15) is 22.4 Å². The Morgan fingerprint density at radius 3 is 2.57 bits per heavy atom. The molecular formula is C24H19F4N7O2. The molecule has 0 spiro atoms. The zero-order valence-electron chi connectivity index (χ0n) is 19.4. The quantitative estimate of drug-likeness (QED) is 0.378. The number of alkyl halides is 3. The van der Waals surface area contributed by atoms with Crippen molar-refractivity contribution in [2.24, 2.45) is 24.8 Å². The molecule has 13 heteroatoms. The number of carbonyl (C=O) groups is 1. The lowest BCUT2D eigenvalue weighted by Gasteiger charge is -2.19. The van der Waals surface area contributed by atoms with Gasteiger partial charge < -0.3 is 14.2 Å². The van der Waals surface area contributed by atoms with Crippen LogP contribution in [0.5, 0.6) is 5.75 Å². The SMILES string of the molecule is Cn1c(-c2ccc(F)cn2)nc2nc(C(=O)N3CC4C(COc5cccnc5C(F)(F)F)[C@@H]4C3)cnc21. The first-order chi connectivity index (χ1) is 17.7. The van der Waals surface area contributed by atoms with E-state index in [4.69, 9.17) is 4.74 Å². The molecule has 0 aromatic carbocycles. The third-order valence-corrected chi connectivity index (χ3v) is 6.89. The fraction of sp³-hybridized carbons (Fsp3) is 0.333. The number of piperidine rings is 1. The zero-order valence-corrected chi connectivity index (χ0v) is 19.4. The van der Waals surface area contributed by atoms with Crippen molar-refractivity contribution in [3.63, 3.8) is 0 Å².